The van der Waals surface area contributed by atoms with E-state index in [1.165, 1.54) is 11.1 Å². The number of carboxylic acids is 1. The molecule has 2 aromatic carbocycles. The van der Waals surface area contributed by atoms with Crippen LogP contribution in [0.2, 0.25) is 0 Å². The van der Waals surface area contributed by atoms with E-state index in [9.17, 15) is 19.5 Å². The van der Waals surface area contributed by atoms with Crippen LogP contribution >= 0.6 is 0 Å². The Balaban J connectivity index is 1.29. The molecule has 0 aromatic heterocycles. The third-order valence-electron chi connectivity index (χ3n) is 7.42. The van der Waals surface area contributed by atoms with Crippen LogP contribution in [-0.4, -0.2) is 42.3 Å². The lowest BCUT2D eigenvalue weighted by Gasteiger charge is -2.23. The van der Waals surface area contributed by atoms with Crippen molar-refractivity contribution in [2.24, 2.45) is 17.8 Å². The molecule has 35 heavy (non-hydrogen) atoms. The van der Waals surface area contributed by atoms with Crippen LogP contribution in [-0.2, 0) is 14.3 Å². The second-order valence-electron chi connectivity index (χ2n) is 9.96. The standard InChI is InChI=1S/C28H34N2O5/c1-17(2)18(14-26(31)30-25-13-7-12-23(25)27(32)33)15-29-28(34)35-16-24-21-10-5-3-8-19(21)20-9-4-6-11-22(20)24/h3-6,8-11,17-18,23-25H,7,12-16H2,1-2H3,(H,29,34)(H,30,31)(H,32,33). The zero-order valence-corrected chi connectivity index (χ0v) is 20.3. The van der Waals surface area contributed by atoms with Crippen LogP contribution in [0, 0.1) is 17.8 Å². The van der Waals surface area contributed by atoms with Gasteiger partial charge in [0.15, 0.2) is 0 Å². The highest BCUT2D eigenvalue weighted by Crippen LogP contribution is 2.44. The van der Waals surface area contributed by atoms with Gasteiger partial charge in [0.1, 0.15) is 6.61 Å². The summed E-state index contributed by atoms with van der Waals surface area (Å²) in [7, 11) is 0. The number of hydrogen-bond acceptors (Lipinski definition) is 4. The molecule has 1 saturated carbocycles. The van der Waals surface area contributed by atoms with Crippen molar-refractivity contribution in [1.82, 2.24) is 10.6 Å². The molecule has 0 aliphatic heterocycles. The maximum absolute atomic E-state index is 12.6. The van der Waals surface area contributed by atoms with E-state index >= 15 is 0 Å². The minimum atomic E-state index is -0.856. The number of rotatable bonds is 9. The van der Waals surface area contributed by atoms with Crippen molar-refractivity contribution >= 4 is 18.0 Å². The van der Waals surface area contributed by atoms with Crippen molar-refractivity contribution in [3.8, 4) is 11.1 Å². The molecule has 7 heteroatoms. The van der Waals surface area contributed by atoms with Crippen LogP contribution in [0.4, 0.5) is 4.79 Å². The zero-order valence-electron chi connectivity index (χ0n) is 20.3. The summed E-state index contributed by atoms with van der Waals surface area (Å²) in [5, 5.41) is 15.1. The van der Waals surface area contributed by atoms with Crippen LogP contribution in [0.1, 0.15) is 56.6 Å². The van der Waals surface area contributed by atoms with Crippen LogP contribution in [0.25, 0.3) is 11.1 Å². The molecule has 3 N–H and O–H groups in total. The van der Waals surface area contributed by atoms with Crippen molar-refractivity contribution in [1.29, 1.82) is 0 Å². The smallest absolute Gasteiger partial charge is 0.407 e. The molecule has 0 bridgehead atoms. The lowest BCUT2D eigenvalue weighted by Crippen LogP contribution is -2.42. The number of amides is 2. The summed E-state index contributed by atoms with van der Waals surface area (Å²) in [6.07, 6.45) is 1.81. The number of aliphatic carboxylic acids is 1. The summed E-state index contributed by atoms with van der Waals surface area (Å²) < 4.78 is 5.61. The molecule has 3 atom stereocenters. The molecule has 186 valence electrons. The second kappa shape index (κ2) is 10.9. The molecule has 1 fully saturated rings. The summed E-state index contributed by atoms with van der Waals surface area (Å²) in [5.41, 5.74) is 4.67. The first kappa shape index (κ1) is 24.8. The van der Waals surface area contributed by atoms with Crippen molar-refractivity contribution < 1.29 is 24.2 Å². The molecule has 2 aromatic rings. The highest BCUT2D eigenvalue weighted by Gasteiger charge is 2.34. The molecule has 0 saturated heterocycles. The number of nitrogens with one attached hydrogen (secondary N) is 2. The predicted octanol–water partition coefficient (Wildman–Crippen LogP) is 4.56. The number of ether oxygens (including phenoxy) is 1. The van der Waals surface area contributed by atoms with E-state index in [-0.39, 0.29) is 42.7 Å². The van der Waals surface area contributed by atoms with Gasteiger partial charge in [0, 0.05) is 24.9 Å². The number of carboxylic acid groups (broad SMARTS) is 1. The zero-order chi connectivity index (χ0) is 24.9. The van der Waals surface area contributed by atoms with Crippen molar-refractivity contribution in [3.05, 3.63) is 59.7 Å². The molecule has 4 rings (SSSR count). The van der Waals surface area contributed by atoms with Gasteiger partial charge in [-0.15, -0.1) is 0 Å². The normalized spacial score (nSPS) is 19.6. The van der Waals surface area contributed by atoms with Gasteiger partial charge in [-0.2, -0.15) is 0 Å². The average molecular weight is 479 g/mol. The number of alkyl carbamates (subject to hydrolysis) is 1. The van der Waals surface area contributed by atoms with Crippen LogP contribution in [0.5, 0.6) is 0 Å². The molecular formula is C28H34N2O5. The molecule has 2 aliphatic carbocycles. The quantitative estimate of drug-likeness (QED) is 0.490. The van der Waals surface area contributed by atoms with Gasteiger partial charge in [-0.25, -0.2) is 4.79 Å². The summed E-state index contributed by atoms with van der Waals surface area (Å²) in [4.78, 5) is 36.5. The van der Waals surface area contributed by atoms with Gasteiger partial charge in [-0.05, 0) is 46.9 Å². The summed E-state index contributed by atoms with van der Waals surface area (Å²) in [6, 6.07) is 16.1. The minimum Gasteiger partial charge on any atom is -0.481 e. The Hall–Kier alpha value is -3.35. The Morgan fingerprint density at radius 2 is 1.63 bits per heavy atom. The van der Waals surface area contributed by atoms with Gasteiger partial charge in [0.25, 0.3) is 0 Å². The van der Waals surface area contributed by atoms with E-state index in [1.54, 1.807) is 0 Å². The third kappa shape index (κ3) is 5.66. The molecule has 0 spiro atoms. The van der Waals surface area contributed by atoms with E-state index < -0.39 is 18.0 Å². The Morgan fingerprint density at radius 3 is 2.23 bits per heavy atom. The van der Waals surface area contributed by atoms with Crippen LogP contribution < -0.4 is 10.6 Å². The Kier molecular flexibility index (Phi) is 7.73. The molecule has 3 unspecified atom stereocenters. The summed E-state index contributed by atoms with van der Waals surface area (Å²) >= 11 is 0. The topological polar surface area (TPSA) is 105 Å². The fourth-order valence-corrected chi connectivity index (χ4v) is 5.34. The molecule has 2 amide bonds. The SMILES string of the molecule is CC(C)C(CNC(=O)OCC1c2ccccc2-c2ccccc21)CC(=O)NC1CCCC1C(=O)O. The maximum Gasteiger partial charge on any atom is 0.407 e. The molecule has 2 aliphatic rings. The monoisotopic (exact) mass is 478 g/mol. The fraction of sp³-hybridized carbons (Fsp3) is 0.464. The summed E-state index contributed by atoms with van der Waals surface area (Å²) in [5.74, 6) is -1.47. The van der Waals surface area contributed by atoms with Gasteiger partial charge >= 0.3 is 12.1 Å². The van der Waals surface area contributed by atoms with Gasteiger partial charge in [-0.1, -0.05) is 68.8 Å². The van der Waals surface area contributed by atoms with Gasteiger partial charge in [-0.3, -0.25) is 9.59 Å². The first-order chi connectivity index (χ1) is 16.8. The largest absolute Gasteiger partial charge is 0.481 e. The molecular weight excluding hydrogens is 444 g/mol. The Labute approximate surface area is 206 Å². The van der Waals surface area contributed by atoms with Crippen molar-refractivity contribution in [3.63, 3.8) is 0 Å². The number of benzene rings is 2. The lowest BCUT2D eigenvalue weighted by molar-refractivity contribution is -0.142. The molecule has 0 heterocycles. The van der Waals surface area contributed by atoms with E-state index in [1.807, 2.05) is 38.1 Å². The van der Waals surface area contributed by atoms with Gasteiger partial charge in [0.05, 0.1) is 5.92 Å². The Bertz CT molecular complexity index is 1040. The average Bonchev–Trinajstić information content (AvgIpc) is 3.43. The molecule has 0 radical (unpaired) electrons. The minimum absolute atomic E-state index is 0.00610. The lowest BCUT2D eigenvalue weighted by atomic mass is 9.91. The summed E-state index contributed by atoms with van der Waals surface area (Å²) in [6.45, 7) is 4.57. The predicted molar refractivity (Wildman–Crippen MR) is 133 cm³/mol. The third-order valence-corrected chi connectivity index (χ3v) is 7.42. The van der Waals surface area contributed by atoms with E-state index in [0.717, 1.165) is 17.5 Å². The fourth-order valence-electron chi connectivity index (χ4n) is 5.34. The number of fused-ring (bicyclic) bond motifs is 3. The Morgan fingerprint density at radius 1 is 1.00 bits per heavy atom. The number of hydrogen-bond donors (Lipinski definition) is 3. The van der Waals surface area contributed by atoms with Gasteiger partial charge < -0.3 is 20.5 Å². The molecule has 7 nitrogen and oxygen atoms in total. The van der Waals surface area contributed by atoms with Gasteiger partial charge in [0.2, 0.25) is 5.91 Å². The number of carbonyl (C=O) groups excluding carboxylic acids is 2. The highest BCUT2D eigenvalue weighted by atomic mass is 16.5. The first-order valence-corrected chi connectivity index (χ1v) is 12.5. The van der Waals surface area contributed by atoms with Crippen molar-refractivity contribution in [2.75, 3.05) is 13.2 Å². The van der Waals surface area contributed by atoms with E-state index in [4.69, 9.17) is 4.74 Å². The van der Waals surface area contributed by atoms with Crippen LogP contribution in [0.3, 0.4) is 0 Å². The first-order valence-electron chi connectivity index (χ1n) is 12.5. The highest BCUT2D eigenvalue weighted by molar-refractivity contribution is 5.80. The second-order valence-corrected chi connectivity index (χ2v) is 9.96. The number of carbonyl (C=O) groups is 3. The van der Waals surface area contributed by atoms with Crippen LogP contribution in [0.15, 0.2) is 48.5 Å². The van der Waals surface area contributed by atoms with E-state index in [2.05, 4.69) is 34.9 Å². The maximum atomic E-state index is 12.6. The van der Waals surface area contributed by atoms with Crippen molar-refractivity contribution in [2.45, 2.75) is 51.5 Å². The van der Waals surface area contributed by atoms with E-state index in [0.29, 0.717) is 19.4 Å².